The number of hydrogen-bond donors (Lipinski definition) is 0. The van der Waals surface area contributed by atoms with E-state index in [2.05, 4.69) is 32.0 Å². The van der Waals surface area contributed by atoms with Gasteiger partial charge in [0.1, 0.15) is 5.75 Å². The molecular formula is C15H22O2. The van der Waals surface area contributed by atoms with Gasteiger partial charge in [-0.05, 0) is 25.3 Å². The van der Waals surface area contributed by atoms with Crippen LogP contribution in [0.3, 0.4) is 0 Å². The summed E-state index contributed by atoms with van der Waals surface area (Å²) in [6.45, 7) is 6.89. The highest BCUT2D eigenvalue weighted by Crippen LogP contribution is 2.38. The third kappa shape index (κ3) is 2.81. The summed E-state index contributed by atoms with van der Waals surface area (Å²) in [5.74, 6) is 1.03. The number of rotatable bonds is 4. The van der Waals surface area contributed by atoms with Gasteiger partial charge in [0, 0.05) is 17.6 Å². The highest BCUT2D eigenvalue weighted by molar-refractivity contribution is 5.40. The fraction of sp³-hybridized carbons (Fsp3) is 0.600. The Balaban J connectivity index is 2.20. The first-order valence-corrected chi connectivity index (χ1v) is 6.56. The fourth-order valence-corrected chi connectivity index (χ4v) is 2.46. The summed E-state index contributed by atoms with van der Waals surface area (Å²) in [5.41, 5.74) is 1.40. The molecule has 0 aromatic heterocycles. The molecule has 0 spiro atoms. The topological polar surface area (TPSA) is 18.5 Å². The van der Waals surface area contributed by atoms with Gasteiger partial charge in [-0.2, -0.15) is 0 Å². The summed E-state index contributed by atoms with van der Waals surface area (Å²) in [5, 5.41) is 0. The van der Waals surface area contributed by atoms with Crippen LogP contribution in [0.15, 0.2) is 24.3 Å². The van der Waals surface area contributed by atoms with Crippen molar-refractivity contribution < 1.29 is 9.47 Å². The van der Waals surface area contributed by atoms with Gasteiger partial charge < -0.3 is 9.47 Å². The first kappa shape index (κ1) is 12.4. The van der Waals surface area contributed by atoms with Crippen LogP contribution in [0, 0.1) is 0 Å². The summed E-state index contributed by atoms with van der Waals surface area (Å²) < 4.78 is 11.6. The molecule has 0 fully saturated rings. The summed E-state index contributed by atoms with van der Waals surface area (Å²) in [6, 6.07) is 8.37. The molecule has 1 aliphatic heterocycles. The second kappa shape index (κ2) is 5.54. The summed E-state index contributed by atoms with van der Waals surface area (Å²) in [4.78, 5) is 0. The van der Waals surface area contributed by atoms with Crippen molar-refractivity contribution in [2.45, 2.75) is 38.5 Å². The first-order chi connectivity index (χ1) is 8.26. The largest absolute Gasteiger partial charge is 0.493 e. The molecule has 2 heteroatoms. The van der Waals surface area contributed by atoms with Gasteiger partial charge in [0.25, 0.3) is 0 Å². The highest BCUT2D eigenvalue weighted by atomic mass is 16.5. The molecule has 0 amide bonds. The van der Waals surface area contributed by atoms with Crippen LogP contribution in [0.4, 0.5) is 0 Å². The van der Waals surface area contributed by atoms with Gasteiger partial charge in [-0.15, -0.1) is 0 Å². The van der Waals surface area contributed by atoms with Crippen molar-refractivity contribution in [3.63, 3.8) is 0 Å². The minimum Gasteiger partial charge on any atom is -0.493 e. The number of para-hydroxylation sites is 1. The molecule has 0 saturated carbocycles. The van der Waals surface area contributed by atoms with Crippen molar-refractivity contribution in [2.75, 3.05) is 19.8 Å². The Morgan fingerprint density at radius 1 is 1.35 bits per heavy atom. The number of ether oxygens (including phenoxy) is 2. The quantitative estimate of drug-likeness (QED) is 0.742. The maximum absolute atomic E-state index is 5.79. The van der Waals surface area contributed by atoms with E-state index in [0.717, 1.165) is 44.8 Å². The van der Waals surface area contributed by atoms with Gasteiger partial charge in [0.2, 0.25) is 0 Å². The number of fused-ring (bicyclic) bond motifs is 1. The van der Waals surface area contributed by atoms with Crippen molar-refractivity contribution in [2.24, 2.45) is 0 Å². The van der Waals surface area contributed by atoms with E-state index < -0.39 is 0 Å². The minimum absolute atomic E-state index is 0.0995. The summed E-state index contributed by atoms with van der Waals surface area (Å²) in [7, 11) is 0. The van der Waals surface area contributed by atoms with Gasteiger partial charge >= 0.3 is 0 Å². The van der Waals surface area contributed by atoms with E-state index in [0.29, 0.717) is 0 Å². The number of hydrogen-bond acceptors (Lipinski definition) is 2. The van der Waals surface area contributed by atoms with Crippen molar-refractivity contribution in [3.05, 3.63) is 29.8 Å². The molecule has 2 nitrogen and oxygen atoms in total. The molecule has 2 rings (SSSR count). The van der Waals surface area contributed by atoms with E-state index in [4.69, 9.17) is 9.47 Å². The maximum atomic E-state index is 5.79. The van der Waals surface area contributed by atoms with Crippen LogP contribution in [0.1, 0.15) is 38.7 Å². The molecule has 17 heavy (non-hydrogen) atoms. The standard InChI is InChI=1S/C15H22O2/c1-3-10-16-12-15(2)9-6-11-17-14-8-5-4-7-13(14)15/h4-5,7-8H,3,6,9-12H2,1-2H3. The van der Waals surface area contributed by atoms with Crippen LogP contribution in [0.5, 0.6) is 5.75 Å². The Morgan fingerprint density at radius 3 is 3.00 bits per heavy atom. The van der Waals surface area contributed by atoms with Crippen molar-refractivity contribution in [3.8, 4) is 5.75 Å². The Morgan fingerprint density at radius 2 is 2.18 bits per heavy atom. The van der Waals surface area contributed by atoms with Gasteiger partial charge in [-0.3, -0.25) is 0 Å². The van der Waals surface area contributed by atoms with Crippen LogP contribution in [-0.2, 0) is 10.2 Å². The lowest BCUT2D eigenvalue weighted by molar-refractivity contribution is 0.0853. The van der Waals surface area contributed by atoms with Crippen LogP contribution >= 0.6 is 0 Å². The van der Waals surface area contributed by atoms with E-state index in [1.807, 2.05) is 6.07 Å². The van der Waals surface area contributed by atoms with Gasteiger partial charge in [-0.1, -0.05) is 32.0 Å². The second-order valence-electron chi connectivity index (χ2n) is 5.06. The molecule has 0 bridgehead atoms. The average molecular weight is 234 g/mol. The smallest absolute Gasteiger partial charge is 0.123 e. The predicted molar refractivity (Wildman–Crippen MR) is 69.6 cm³/mol. The predicted octanol–water partition coefficient (Wildman–Crippen LogP) is 3.54. The summed E-state index contributed by atoms with van der Waals surface area (Å²) in [6.07, 6.45) is 3.31. The third-order valence-electron chi connectivity index (χ3n) is 3.44. The van der Waals surface area contributed by atoms with Gasteiger partial charge in [0.05, 0.1) is 13.2 Å². The van der Waals surface area contributed by atoms with Gasteiger partial charge in [0.15, 0.2) is 0 Å². The lowest BCUT2D eigenvalue weighted by atomic mass is 9.79. The normalized spacial score (nSPS) is 23.6. The maximum Gasteiger partial charge on any atom is 0.123 e. The molecule has 1 aromatic carbocycles. The first-order valence-electron chi connectivity index (χ1n) is 6.56. The zero-order chi connectivity index (χ0) is 12.1. The van der Waals surface area contributed by atoms with E-state index in [-0.39, 0.29) is 5.41 Å². The minimum atomic E-state index is 0.0995. The third-order valence-corrected chi connectivity index (χ3v) is 3.44. The zero-order valence-electron chi connectivity index (χ0n) is 10.9. The molecule has 0 N–H and O–H groups in total. The average Bonchev–Trinajstić information content (AvgIpc) is 2.51. The van der Waals surface area contributed by atoms with Crippen LogP contribution in [0.25, 0.3) is 0 Å². The van der Waals surface area contributed by atoms with Gasteiger partial charge in [-0.25, -0.2) is 0 Å². The molecule has 0 saturated heterocycles. The molecule has 1 heterocycles. The van der Waals surface area contributed by atoms with E-state index >= 15 is 0 Å². The fourth-order valence-electron chi connectivity index (χ4n) is 2.46. The molecule has 0 aliphatic carbocycles. The van der Waals surface area contributed by atoms with Crippen LogP contribution in [0.2, 0.25) is 0 Å². The van der Waals surface area contributed by atoms with E-state index in [9.17, 15) is 0 Å². The molecule has 1 aromatic rings. The molecule has 1 unspecified atom stereocenters. The molecule has 94 valence electrons. The highest BCUT2D eigenvalue weighted by Gasteiger charge is 2.31. The SMILES string of the molecule is CCCOCC1(C)CCCOc2ccccc21. The molecule has 1 atom stereocenters. The van der Waals surface area contributed by atoms with E-state index in [1.165, 1.54) is 5.56 Å². The Kier molecular flexibility index (Phi) is 4.06. The monoisotopic (exact) mass is 234 g/mol. The zero-order valence-corrected chi connectivity index (χ0v) is 10.9. The van der Waals surface area contributed by atoms with Crippen molar-refractivity contribution >= 4 is 0 Å². The van der Waals surface area contributed by atoms with Crippen molar-refractivity contribution in [1.29, 1.82) is 0 Å². The van der Waals surface area contributed by atoms with Crippen molar-refractivity contribution in [1.82, 2.24) is 0 Å². The second-order valence-corrected chi connectivity index (χ2v) is 5.06. The lowest BCUT2D eigenvalue weighted by Gasteiger charge is -2.29. The lowest BCUT2D eigenvalue weighted by Crippen LogP contribution is -2.28. The summed E-state index contributed by atoms with van der Waals surface area (Å²) >= 11 is 0. The molecule has 0 radical (unpaired) electrons. The van der Waals surface area contributed by atoms with Crippen LogP contribution in [-0.4, -0.2) is 19.8 Å². The number of benzene rings is 1. The molecule has 1 aliphatic rings. The molecular weight excluding hydrogens is 212 g/mol. The Hall–Kier alpha value is -1.02. The Bertz CT molecular complexity index is 362. The van der Waals surface area contributed by atoms with Crippen LogP contribution < -0.4 is 4.74 Å². The Labute approximate surface area is 104 Å². The van der Waals surface area contributed by atoms with E-state index in [1.54, 1.807) is 0 Å².